The topological polar surface area (TPSA) is 67.3 Å². The average Bonchev–Trinajstić information content (AvgIpc) is 3.25. The number of hydrogen-bond acceptors (Lipinski definition) is 5. The quantitative estimate of drug-likeness (QED) is 0.858. The second-order valence-electron chi connectivity index (χ2n) is 7.71. The van der Waals surface area contributed by atoms with Crippen LogP contribution in [0.15, 0.2) is 12.4 Å². The van der Waals surface area contributed by atoms with Crippen LogP contribution in [0.25, 0.3) is 0 Å². The molecule has 1 aromatic heterocycles. The van der Waals surface area contributed by atoms with E-state index in [0.717, 1.165) is 37.4 Å². The molecule has 1 N–H and O–H groups in total. The van der Waals surface area contributed by atoms with Crippen molar-refractivity contribution in [1.82, 2.24) is 14.9 Å². The van der Waals surface area contributed by atoms with E-state index in [1.54, 1.807) is 13.4 Å². The smallest absolute Gasteiger partial charge is 0.225 e. The van der Waals surface area contributed by atoms with Crippen molar-refractivity contribution in [3.8, 4) is 0 Å². The van der Waals surface area contributed by atoms with Gasteiger partial charge in [0, 0.05) is 44.1 Å². The summed E-state index contributed by atoms with van der Waals surface area (Å²) in [6.45, 7) is 6.56. The number of carbonyl (C=O) groups is 1. The Labute approximate surface area is 150 Å². The molecule has 1 amide bonds. The molecule has 6 nitrogen and oxygen atoms in total. The maximum absolute atomic E-state index is 12.8. The number of aromatic nitrogens is 2. The third-order valence-electron chi connectivity index (χ3n) is 5.59. The van der Waals surface area contributed by atoms with Gasteiger partial charge in [-0.25, -0.2) is 9.97 Å². The van der Waals surface area contributed by atoms with Crippen molar-refractivity contribution < 1.29 is 9.53 Å². The molecule has 1 saturated carbocycles. The molecule has 2 fully saturated rings. The third kappa shape index (κ3) is 4.29. The monoisotopic (exact) mass is 346 g/mol. The fourth-order valence-corrected chi connectivity index (χ4v) is 4.16. The number of hydrogen-bond donors (Lipinski definition) is 1. The molecule has 1 aliphatic heterocycles. The van der Waals surface area contributed by atoms with Crippen LogP contribution in [0.3, 0.4) is 0 Å². The van der Waals surface area contributed by atoms with Crippen molar-refractivity contribution >= 4 is 11.7 Å². The number of carbonyl (C=O) groups excluding carboxylic acids is 1. The van der Waals surface area contributed by atoms with E-state index in [1.165, 1.54) is 12.8 Å². The molecule has 1 aromatic rings. The fraction of sp³-hybridized carbons (Fsp3) is 0.737. The minimum absolute atomic E-state index is 0.232. The molecule has 25 heavy (non-hydrogen) atoms. The van der Waals surface area contributed by atoms with Crippen LogP contribution in [0.5, 0.6) is 0 Å². The zero-order chi connectivity index (χ0) is 17.8. The molecular formula is C19H30N4O2. The standard InChI is InChI=1S/C19H30N4O2/c1-13(2)16-9-23(19(24)14-6-4-5-7-14)10-17(16)22-18-8-15(11-25-3)20-12-21-18/h8,12-14,16-17H,4-7,9-11H2,1-3H3,(H,20,21,22)/t16-,17+/m1/s1. The maximum Gasteiger partial charge on any atom is 0.225 e. The first-order valence-electron chi connectivity index (χ1n) is 9.43. The summed E-state index contributed by atoms with van der Waals surface area (Å²) in [6.07, 6.45) is 6.08. The van der Waals surface area contributed by atoms with E-state index in [0.29, 0.717) is 24.3 Å². The lowest BCUT2D eigenvalue weighted by atomic mass is 9.91. The highest BCUT2D eigenvalue weighted by Gasteiger charge is 2.39. The van der Waals surface area contributed by atoms with Crippen LogP contribution >= 0.6 is 0 Å². The van der Waals surface area contributed by atoms with Crippen molar-refractivity contribution in [3.63, 3.8) is 0 Å². The summed E-state index contributed by atoms with van der Waals surface area (Å²) in [5, 5.41) is 3.55. The number of likely N-dealkylation sites (tertiary alicyclic amines) is 1. The molecule has 0 unspecified atom stereocenters. The first-order chi connectivity index (χ1) is 12.1. The minimum atomic E-state index is 0.232. The normalized spacial score (nSPS) is 24.2. The van der Waals surface area contributed by atoms with E-state index in [2.05, 4.69) is 34.0 Å². The summed E-state index contributed by atoms with van der Waals surface area (Å²) in [4.78, 5) is 23.4. The van der Waals surface area contributed by atoms with E-state index < -0.39 is 0 Å². The van der Waals surface area contributed by atoms with Crippen molar-refractivity contribution in [2.45, 2.75) is 52.2 Å². The van der Waals surface area contributed by atoms with E-state index >= 15 is 0 Å². The van der Waals surface area contributed by atoms with Gasteiger partial charge in [0.25, 0.3) is 0 Å². The van der Waals surface area contributed by atoms with E-state index in [9.17, 15) is 4.79 Å². The van der Waals surface area contributed by atoms with Crippen LogP contribution in [-0.4, -0.2) is 47.0 Å². The predicted octanol–water partition coefficient (Wildman–Crippen LogP) is 2.71. The number of nitrogens with zero attached hydrogens (tertiary/aromatic N) is 3. The molecule has 138 valence electrons. The first-order valence-corrected chi connectivity index (χ1v) is 9.43. The summed E-state index contributed by atoms with van der Waals surface area (Å²) >= 11 is 0. The number of anilines is 1. The number of methoxy groups -OCH3 is 1. The van der Waals surface area contributed by atoms with Gasteiger partial charge in [-0.3, -0.25) is 4.79 Å². The Hall–Kier alpha value is -1.69. The van der Waals surface area contributed by atoms with Gasteiger partial charge in [-0.1, -0.05) is 26.7 Å². The molecule has 0 radical (unpaired) electrons. The molecule has 2 atom stereocenters. The summed E-state index contributed by atoms with van der Waals surface area (Å²) in [7, 11) is 1.66. The lowest BCUT2D eigenvalue weighted by Gasteiger charge is -2.23. The third-order valence-corrected chi connectivity index (χ3v) is 5.59. The lowest BCUT2D eigenvalue weighted by Crippen LogP contribution is -2.35. The molecule has 6 heteroatoms. The Morgan fingerprint density at radius 1 is 1.32 bits per heavy atom. The summed E-state index contributed by atoms with van der Waals surface area (Å²) in [5.74, 6) is 2.37. The molecular weight excluding hydrogens is 316 g/mol. The Bertz CT molecular complexity index is 587. The Balaban J connectivity index is 1.68. The minimum Gasteiger partial charge on any atom is -0.378 e. The Morgan fingerprint density at radius 3 is 2.76 bits per heavy atom. The van der Waals surface area contributed by atoms with Crippen LogP contribution in [0, 0.1) is 17.8 Å². The van der Waals surface area contributed by atoms with Gasteiger partial charge in [0.2, 0.25) is 5.91 Å². The van der Waals surface area contributed by atoms with Crippen LogP contribution < -0.4 is 5.32 Å². The second-order valence-corrected chi connectivity index (χ2v) is 7.71. The van der Waals surface area contributed by atoms with Gasteiger partial charge >= 0.3 is 0 Å². The van der Waals surface area contributed by atoms with Crippen LogP contribution in [0.4, 0.5) is 5.82 Å². The largest absolute Gasteiger partial charge is 0.378 e. The summed E-state index contributed by atoms with van der Waals surface area (Å²) in [6, 6.07) is 2.16. The molecule has 0 bridgehead atoms. The number of amides is 1. The first kappa shape index (κ1) is 18.1. The Morgan fingerprint density at radius 2 is 2.08 bits per heavy atom. The molecule has 2 aliphatic rings. The SMILES string of the molecule is COCc1cc(N[C@H]2CN(C(=O)C3CCCC3)C[C@@H]2C(C)C)ncn1. The highest BCUT2D eigenvalue weighted by molar-refractivity contribution is 5.79. The van der Waals surface area contributed by atoms with Gasteiger partial charge in [0.1, 0.15) is 12.1 Å². The van der Waals surface area contributed by atoms with Gasteiger partial charge in [-0.05, 0) is 18.8 Å². The van der Waals surface area contributed by atoms with Gasteiger partial charge in [0.15, 0.2) is 0 Å². The van der Waals surface area contributed by atoms with Crippen molar-refractivity contribution in [2.75, 3.05) is 25.5 Å². The molecule has 2 heterocycles. The predicted molar refractivity (Wildman–Crippen MR) is 97.0 cm³/mol. The summed E-state index contributed by atoms with van der Waals surface area (Å²) in [5.41, 5.74) is 0.859. The lowest BCUT2D eigenvalue weighted by molar-refractivity contribution is -0.134. The van der Waals surface area contributed by atoms with Crippen LogP contribution in [0.2, 0.25) is 0 Å². The second kappa shape index (κ2) is 8.13. The maximum atomic E-state index is 12.8. The Kier molecular flexibility index (Phi) is 5.89. The highest BCUT2D eigenvalue weighted by Crippen LogP contribution is 2.32. The highest BCUT2D eigenvalue weighted by atomic mass is 16.5. The van der Waals surface area contributed by atoms with Gasteiger partial charge in [-0.2, -0.15) is 0 Å². The molecule has 1 aliphatic carbocycles. The van der Waals surface area contributed by atoms with E-state index in [-0.39, 0.29) is 12.0 Å². The van der Waals surface area contributed by atoms with Gasteiger partial charge < -0.3 is 15.0 Å². The van der Waals surface area contributed by atoms with Crippen molar-refractivity contribution in [3.05, 3.63) is 18.1 Å². The van der Waals surface area contributed by atoms with Gasteiger partial charge in [-0.15, -0.1) is 0 Å². The fourth-order valence-electron chi connectivity index (χ4n) is 4.16. The van der Waals surface area contributed by atoms with Crippen LogP contribution in [-0.2, 0) is 16.1 Å². The average molecular weight is 346 g/mol. The zero-order valence-corrected chi connectivity index (χ0v) is 15.6. The molecule has 0 spiro atoms. The number of ether oxygens (including phenoxy) is 1. The summed E-state index contributed by atoms with van der Waals surface area (Å²) < 4.78 is 5.15. The van der Waals surface area contributed by atoms with Crippen molar-refractivity contribution in [1.29, 1.82) is 0 Å². The molecule has 0 aromatic carbocycles. The van der Waals surface area contributed by atoms with Crippen LogP contribution in [0.1, 0.15) is 45.2 Å². The van der Waals surface area contributed by atoms with E-state index in [4.69, 9.17) is 4.74 Å². The number of nitrogens with one attached hydrogen (secondary N) is 1. The molecule has 1 saturated heterocycles. The van der Waals surface area contributed by atoms with Gasteiger partial charge in [0.05, 0.1) is 12.3 Å². The number of rotatable bonds is 6. The molecule has 3 rings (SSSR count). The zero-order valence-electron chi connectivity index (χ0n) is 15.6. The van der Waals surface area contributed by atoms with Crippen molar-refractivity contribution in [2.24, 2.45) is 17.8 Å². The van der Waals surface area contributed by atoms with E-state index in [1.807, 2.05) is 6.07 Å².